The van der Waals surface area contributed by atoms with Gasteiger partial charge in [-0.05, 0) is 30.5 Å². The third-order valence-corrected chi connectivity index (χ3v) is 4.09. The van der Waals surface area contributed by atoms with Crippen LogP contribution in [-0.2, 0) is 4.79 Å². The lowest BCUT2D eigenvalue weighted by molar-refractivity contribution is -0.125. The van der Waals surface area contributed by atoms with E-state index < -0.39 is 0 Å². The van der Waals surface area contributed by atoms with Gasteiger partial charge in [-0.2, -0.15) is 0 Å². The van der Waals surface area contributed by atoms with E-state index in [1.165, 1.54) is 0 Å². The Bertz CT molecular complexity index is 410. The van der Waals surface area contributed by atoms with Gasteiger partial charge >= 0.3 is 0 Å². The summed E-state index contributed by atoms with van der Waals surface area (Å²) in [6.07, 6.45) is 1.73. The third kappa shape index (κ3) is 4.39. The van der Waals surface area contributed by atoms with E-state index >= 15 is 0 Å². The quantitative estimate of drug-likeness (QED) is 0.814. The molecule has 0 aliphatic rings. The number of hydrogen-bond acceptors (Lipinski definition) is 1. The van der Waals surface area contributed by atoms with Crippen molar-refractivity contribution >= 4 is 29.1 Å². The van der Waals surface area contributed by atoms with Gasteiger partial charge in [-0.25, -0.2) is 0 Å². The van der Waals surface area contributed by atoms with Crippen molar-refractivity contribution in [1.82, 2.24) is 5.32 Å². The summed E-state index contributed by atoms with van der Waals surface area (Å²) in [5, 5.41) is 4.28. The number of amides is 1. The van der Waals surface area contributed by atoms with Gasteiger partial charge in [0.05, 0.1) is 0 Å². The Balaban J connectivity index is 2.66. The smallest absolute Gasteiger partial charge is 0.223 e. The molecule has 1 aromatic rings. The molecule has 1 aromatic carbocycles. The first kappa shape index (κ1) is 16.3. The van der Waals surface area contributed by atoms with Crippen LogP contribution < -0.4 is 5.32 Å². The van der Waals surface area contributed by atoms with Crippen LogP contribution in [0.3, 0.4) is 0 Å². The molecule has 0 fully saturated rings. The first-order chi connectivity index (χ1) is 9.01. The summed E-state index contributed by atoms with van der Waals surface area (Å²) in [4.78, 5) is 11.9. The second-order valence-electron chi connectivity index (χ2n) is 4.79. The molecule has 0 saturated heterocycles. The summed E-state index contributed by atoms with van der Waals surface area (Å²) in [6.45, 7) is 6.63. The summed E-state index contributed by atoms with van der Waals surface area (Å²) in [5.74, 6) is 0.299. The van der Waals surface area contributed by atoms with Gasteiger partial charge in [0.15, 0.2) is 0 Å². The van der Waals surface area contributed by atoms with Gasteiger partial charge in [-0.3, -0.25) is 4.79 Å². The van der Waals surface area contributed by atoms with E-state index in [1.807, 2.05) is 39.0 Å². The van der Waals surface area contributed by atoms with Crippen LogP contribution >= 0.6 is 23.2 Å². The molecule has 0 aromatic heterocycles. The molecule has 19 heavy (non-hydrogen) atoms. The highest BCUT2D eigenvalue weighted by Crippen LogP contribution is 2.30. The van der Waals surface area contributed by atoms with Gasteiger partial charge < -0.3 is 5.32 Å². The van der Waals surface area contributed by atoms with Crippen molar-refractivity contribution in [2.75, 3.05) is 6.54 Å². The molecule has 4 heteroatoms. The van der Waals surface area contributed by atoms with Crippen LogP contribution in [0.15, 0.2) is 18.2 Å². The van der Waals surface area contributed by atoms with Crippen molar-refractivity contribution < 1.29 is 4.79 Å². The van der Waals surface area contributed by atoms with Gasteiger partial charge in [-0.1, -0.05) is 50.0 Å². The zero-order valence-corrected chi connectivity index (χ0v) is 13.2. The number of halogens is 2. The summed E-state index contributed by atoms with van der Waals surface area (Å²) >= 11 is 12.3. The number of nitrogens with one attached hydrogen (secondary N) is 1. The molecule has 0 saturated carbocycles. The SMILES string of the molecule is CCC(CC)C(=O)NCC(C)c1c(Cl)cccc1Cl. The molecular weight excluding hydrogens is 281 g/mol. The number of carbonyl (C=O) groups excluding carboxylic acids is 1. The minimum Gasteiger partial charge on any atom is -0.355 e. The highest BCUT2D eigenvalue weighted by atomic mass is 35.5. The largest absolute Gasteiger partial charge is 0.355 e. The van der Waals surface area contributed by atoms with Crippen molar-refractivity contribution in [2.24, 2.45) is 5.92 Å². The summed E-state index contributed by atoms with van der Waals surface area (Å²) in [6, 6.07) is 5.47. The monoisotopic (exact) mass is 301 g/mol. The molecule has 0 radical (unpaired) electrons. The Hall–Kier alpha value is -0.730. The van der Waals surface area contributed by atoms with Crippen molar-refractivity contribution in [3.05, 3.63) is 33.8 Å². The van der Waals surface area contributed by atoms with E-state index in [-0.39, 0.29) is 17.7 Å². The van der Waals surface area contributed by atoms with Gasteiger partial charge in [0.2, 0.25) is 5.91 Å². The maximum Gasteiger partial charge on any atom is 0.223 e. The molecule has 0 heterocycles. The van der Waals surface area contributed by atoms with E-state index in [2.05, 4.69) is 5.32 Å². The van der Waals surface area contributed by atoms with Crippen LogP contribution in [0, 0.1) is 5.92 Å². The number of benzene rings is 1. The molecular formula is C15H21Cl2NO. The molecule has 1 unspecified atom stereocenters. The minimum absolute atomic E-state index is 0.0916. The molecule has 0 aliphatic carbocycles. The average Bonchev–Trinajstić information content (AvgIpc) is 2.37. The van der Waals surface area contributed by atoms with Gasteiger partial charge in [0.1, 0.15) is 0 Å². The van der Waals surface area contributed by atoms with E-state index in [4.69, 9.17) is 23.2 Å². The van der Waals surface area contributed by atoms with Gasteiger partial charge in [0, 0.05) is 28.4 Å². The zero-order valence-electron chi connectivity index (χ0n) is 11.7. The first-order valence-corrected chi connectivity index (χ1v) is 7.48. The van der Waals surface area contributed by atoms with E-state index in [9.17, 15) is 4.79 Å². The molecule has 1 N–H and O–H groups in total. The first-order valence-electron chi connectivity index (χ1n) is 6.72. The molecule has 2 nitrogen and oxygen atoms in total. The fraction of sp³-hybridized carbons (Fsp3) is 0.533. The number of carbonyl (C=O) groups is 1. The van der Waals surface area contributed by atoms with Crippen LogP contribution in [0.25, 0.3) is 0 Å². The predicted molar refractivity (Wildman–Crippen MR) is 82.0 cm³/mol. The predicted octanol–water partition coefficient (Wildman–Crippen LogP) is 4.65. The Labute approximate surface area is 125 Å². The lowest BCUT2D eigenvalue weighted by atomic mass is 9.99. The van der Waals surface area contributed by atoms with Crippen molar-refractivity contribution in [3.63, 3.8) is 0 Å². The van der Waals surface area contributed by atoms with Crippen LogP contribution in [0.4, 0.5) is 0 Å². The highest BCUT2D eigenvalue weighted by Gasteiger charge is 2.17. The van der Waals surface area contributed by atoms with Crippen LogP contribution in [0.1, 0.15) is 45.1 Å². The topological polar surface area (TPSA) is 29.1 Å². The second-order valence-corrected chi connectivity index (χ2v) is 5.61. The van der Waals surface area contributed by atoms with Gasteiger partial charge in [-0.15, -0.1) is 0 Å². The number of hydrogen-bond donors (Lipinski definition) is 1. The summed E-state index contributed by atoms with van der Waals surface area (Å²) in [5.41, 5.74) is 0.899. The lowest BCUT2D eigenvalue weighted by Gasteiger charge is -2.18. The van der Waals surface area contributed by atoms with Crippen LogP contribution in [0.5, 0.6) is 0 Å². The number of rotatable bonds is 6. The van der Waals surface area contributed by atoms with E-state index in [1.54, 1.807) is 0 Å². The summed E-state index contributed by atoms with van der Waals surface area (Å²) in [7, 11) is 0. The molecule has 0 bridgehead atoms. The van der Waals surface area contributed by atoms with E-state index in [0.29, 0.717) is 16.6 Å². The molecule has 0 aliphatic heterocycles. The minimum atomic E-state index is 0.0916. The Morgan fingerprint density at radius 1 is 1.21 bits per heavy atom. The summed E-state index contributed by atoms with van der Waals surface area (Å²) < 4.78 is 0. The van der Waals surface area contributed by atoms with Crippen molar-refractivity contribution in [3.8, 4) is 0 Å². The Morgan fingerprint density at radius 3 is 2.21 bits per heavy atom. The standard InChI is InChI=1S/C15H21Cl2NO/c1-4-11(5-2)15(19)18-9-10(3)14-12(16)7-6-8-13(14)17/h6-8,10-11H,4-5,9H2,1-3H3,(H,18,19). The molecule has 1 rings (SSSR count). The third-order valence-electron chi connectivity index (χ3n) is 3.43. The lowest BCUT2D eigenvalue weighted by Crippen LogP contribution is -2.33. The fourth-order valence-corrected chi connectivity index (χ4v) is 2.91. The average molecular weight is 302 g/mol. The fourth-order valence-electron chi connectivity index (χ4n) is 2.14. The van der Waals surface area contributed by atoms with Crippen LogP contribution in [-0.4, -0.2) is 12.5 Å². The maximum absolute atomic E-state index is 11.9. The van der Waals surface area contributed by atoms with E-state index in [0.717, 1.165) is 18.4 Å². The van der Waals surface area contributed by atoms with Crippen molar-refractivity contribution in [2.45, 2.75) is 39.5 Å². The van der Waals surface area contributed by atoms with Crippen molar-refractivity contribution in [1.29, 1.82) is 0 Å². The highest BCUT2D eigenvalue weighted by molar-refractivity contribution is 6.36. The molecule has 0 spiro atoms. The zero-order chi connectivity index (χ0) is 14.4. The second kappa shape index (κ2) is 7.76. The Kier molecular flexibility index (Phi) is 6.67. The molecule has 1 atom stereocenters. The molecule has 1 amide bonds. The Morgan fingerprint density at radius 2 is 1.74 bits per heavy atom. The van der Waals surface area contributed by atoms with Gasteiger partial charge in [0.25, 0.3) is 0 Å². The normalized spacial score (nSPS) is 12.5. The molecule has 106 valence electrons. The maximum atomic E-state index is 11.9. The van der Waals surface area contributed by atoms with Crippen LogP contribution in [0.2, 0.25) is 10.0 Å².